The molecule has 0 aromatic heterocycles. The molecule has 0 aromatic rings. The summed E-state index contributed by atoms with van der Waals surface area (Å²) in [6, 6.07) is 0. The fourth-order valence-electron chi connectivity index (χ4n) is 2.42. The first-order valence-corrected chi connectivity index (χ1v) is 8.22. The van der Waals surface area contributed by atoms with Gasteiger partial charge in [-0.25, -0.2) is 0 Å². The molecule has 2 radical (unpaired) electrons. The van der Waals surface area contributed by atoms with Crippen LogP contribution in [-0.2, 0) is 26.2 Å². The summed E-state index contributed by atoms with van der Waals surface area (Å²) in [6.07, 6.45) is 21.3. The molecule has 0 heterocycles. The van der Waals surface area contributed by atoms with Crippen LogP contribution >= 0.6 is 0 Å². The quantitative estimate of drug-likeness (QED) is 0.574. The van der Waals surface area contributed by atoms with Crippen molar-refractivity contribution in [2.75, 3.05) is 0 Å². The zero-order chi connectivity index (χ0) is 14.8. The zero-order valence-electron chi connectivity index (χ0n) is 15.1. The van der Waals surface area contributed by atoms with Crippen molar-refractivity contribution in [2.24, 2.45) is 0 Å². The molecule has 2 aliphatic rings. The van der Waals surface area contributed by atoms with Gasteiger partial charge in [0.1, 0.15) is 0 Å². The predicted molar refractivity (Wildman–Crippen MR) is 89.3 cm³/mol. The van der Waals surface area contributed by atoms with Crippen LogP contribution in [-0.4, -0.2) is 0 Å². The Bertz CT molecular complexity index is 377. The van der Waals surface area contributed by atoms with Gasteiger partial charge in [0.2, 0.25) is 0 Å². The summed E-state index contributed by atoms with van der Waals surface area (Å²) < 4.78 is 0. The van der Waals surface area contributed by atoms with Crippen LogP contribution in [0.2, 0.25) is 0 Å². The molecule has 23 heavy (non-hydrogen) atoms. The third kappa shape index (κ3) is 13.4. The van der Waals surface area contributed by atoms with Gasteiger partial charge in [-0.05, 0) is 75.7 Å². The van der Waals surface area contributed by atoms with Crippen molar-refractivity contribution >= 4 is 0 Å². The normalized spacial score (nSPS) is 14.8. The fraction of sp³-hybridized carbons (Fsp3) is 0.600. The van der Waals surface area contributed by atoms with Crippen molar-refractivity contribution in [2.45, 2.75) is 79.1 Å². The summed E-state index contributed by atoms with van der Waals surface area (Å²) in [7, 11) is 0. The van der Waals surface area contributed by atoms with Gasteiger partial charge in [0.25, 0.3) is 0 Å². The van der Waals surface area contributed by atoms with E-state index in [9.17, 15) is 0 Å². The van der Waals surface area contributed by atoms with Crippen LogP contribution in [0.3, 0.4) is 0 Å². The summed E-state index contributed by atoms with van der Waals surface area (Å²) in [5.74, 6) is 0. The zero-order valence-corrected chi connectivity index (χ0v) is 19.0. The Labute approximate surface area is 175 Å². The molecule has 0 spiro atoms. The van der Waals surface area contributed by atoms with Crippen LogP contribution in [0.4, 0.5) is 0 Å². The second-order valence-corrected chi connectivity index (χ2v) is 5.85. The largest absolute Gasteiger partial charge is 2.00 e. The monoisotopic (exact) mass is 430 g/mol. The Kier molecular flexibility index (Phi) is 21.2. The third-order valence-corrected chi connectivity index (χ3v) is 3.72. The maximum Gasteiger partial charge on any atom is 2.00 e. The van der Waals surface area contributed by atoms with E-state index in [0.29, 0.717) is 0 Å². The van der Waals surface area contributed by atoms with Crippen molar-refractivity contribution in [3.05, 3.63) is 46.6 Å². The van der Waals surface area contributed by atoms with Gasteiger partial charge in [-0.15, -0.1) is 0 Å². The minimum atomic E-state index is 0. The molecule has 0 bridgehead atoms. The first-order chi connectivity index (χ1) is 9.65. The third-order valence-electron chi connectivity index (χ3n) is 3.72. The van der Waals surface area contributed by atoms with Gasteiger partial charge in [0.05, 0.1) is 0 Å². The van der Waals surface area contributed by atoms with Crippen LogP contribution in [0.25, 0.3) is 0 Å². The van der Waals surface area contributed by atoms with E-state index in [4.69, 9.17) is 0 Å². The summed E-state index contributed by atoms with van der Waals surface area (Å²) >= 11 is 0. The number of hydrogen-bond donors (Lipinski definition) is 0. The van der Waals surface area contributed by atoms with Crippen LogP contribution < -0.4 is 24.8 Å². The Morgan fingerprint density at radius 1 is 0.783 bits per heavy atom. The van der Waals surface area contributed by atoms with Crippen molar-refractivity contribution in [1.29, 1.82) is 0 Å². The molecular formula is C20H30Cl2Zr. The summed E-state index contributed by atoms with van der Waals surface area (Å²) in [5, 5.41) is 0. The average Bonchev–Trinajstić information content (AvgIpc) is 3.03. The SMILES string of the molecule is CCCCC1=[C]C(C)=CC1.CCCCC1=[C]C(C)=CC1.[Cl-].[Cl-].[Zr+2]. The van der Waals surface area contributed by atoms with E-state index >= 15 is 0 Å². The minimum absolute atomic E-state index is 0. The maximum absolute atomic E-state index is 3.37. The predicted octanol–water partition coefficient (Wildman–Crippen LogP) is 0.518. The van der Waals surface area contributed by atoms with Crippen LogP contribution in [0.1, 0.15) is 79.1 Å². The van der Waals surface area contributed by atoms with E-state index in [1.54, 1.807) is 0 Å². The van der Waals surface area contributed by atoms with E-state index in [1.807, 2.05) is 0 Å². The molecule has 0 amide bonds. The smallest absolute Gasteiger partial charge is 1.00 e. The van der Waals surface area contributed by atoms with E-state index in [1.165, 1.54) is 60.8 Å². The van der Waals surface area contributed by atoms with Gasteiger partial charge in [0, 0.05) is 0 Å². The van der Waals surface area contributed by atoms with Crippen LogP contribution in [0.15, 0.2) is 34.4 Å². The molecule has 0 saturated carbocycles. The van der Waals surface area contributed by atoms with E-state index in [0.717, 1.165) is 12.8 Å². The fourth-order valence-corrected chi connectivity index (χ4v) is 2.42. The van der Waals surface area contributed by atoms with Gasteiger partial charge in [-0.2, -0.15) is 0 Å². The van der Waals surface area contributed by atoms with Gasteiger partial charge in [0.15, 0.2) is 0 Å². The van der Waals surface area contributed by atoms with E-state index in [2.05, 4.69) is 52.0 Å². The van der Waals surface area contributed by atoms with Crippen molar-refractivity contribution in [3.8, 4) is 0 Å². The second kappa shape index (κ2) is 17.3. The molecule has 128 valence electrons. The van der Waals surface area contributed by atoms with E-state index in [-0.39, 0.29) is 51.0 Å². The molecule has 0 atom stereocenters. The van der Waals surface area contributed by atoms with Crippen LogP contribution in [0.5, 0.6) is 0 Å². The topological polar surface area (TPSA) is 0 Å². The Morgan fingerprint density at radius 2 is 1.13 bits per heavy atom. The minimum Gasteiger partial charge on any atom is -1.00 e. The molecule has 0 N–H and O–H groups in total. The molecule has 0 nitrogen and oxygen atoms in total. The van der Waals surface area contributed by atoms with Crippen molar-refractivity contribution in [1.82, 2.24) is 0 Å². The molecule has 0 aliphatic heterocycles. The second-order valence-electron chi connectivity index (χ2n) is 5.85. The van der Waals surface area contributed by atoms with Crippen LogP contribution in [0, 0.1) is 12.2 Å². The number of allylic oxidation sites excluding steroid dienone is 8. The first-order valence-electron chi connectivity index (χ1n) is 8.22. The van der Waals surface area contributed by atoms with Gasteiger partial charge in [-0.1, -0.05) is 50.0 Å². The number of unbranched alkanes of at least 4 members (excludes halogenated alkanes) is 2. The molecule has 2 aliphatic carbocycles. The first kappa shape index (κ1) is 28.2. The number of rotatable bonds is 6. The maximum atomic E-state index is 3.37. The number of hydrogen-bond acceptors (Lipinski definition) is 0. The molecular weight excluding hydrogens is 402 g/mol. The molecule has 0 fully saturated rings. The molecule has 0 unspecified atom stereocenters. The Hall–Kier alpha value is 0.423. The summed E-state index contributed by atoms with van der Waals surface area (Å²) in [5.41, 5.74) is 5.65. The molecule has 3 heteroatoms. The van der Waals surface area contributed by atoms with Crippen molar-refractivity contribution in [3.63, 3.8) is 0 Å². The van der Waals surface area contributed by atoms with Gasteiger partial charge in [-0.3, -0.25) is 0 Å². The van der Waals surface area contributed by atoms with Gasteiger partial charge >= 0.3 is 26.2 Å². The summed E-state index contributed by atoms with van der Waals surface area (Å²) in [4.78, 5) is 0. The standard InChI is InChI=1S/2C10H15.2ClH.Zr/c2*1-3-4-5-10-7-6-9(2)8-10;;;/h2*6H,3-5,7H2,1-2H3;2*1H;/q;;;;+2/p-2. The summed E-state index contributed by atoms with van der Waals surface area (Å²) in [6.45, 7) is 8.71. The molecule has 0 saturated heterocycles. The number of halogens is 2. The molecule has 0 aromatic carbocycles. The average molecular weight is 433 g/mol. The Balaban J connectivity index is -0.000000308. The Morgan fingerprint density at radius 3 is 1.35 bits per heavy atom. The van der Waals surface area contributed by atoms with Crippen molar-refractivity contribution < 1.29 is 51.0 Å². The van der Waals surface area contributed by atoms with Gasteiger partial charge < -0.3 is 24.8 Å². The molecule has 2 rings (SSSR count). The van der Waals surface area contributed by atoms with E-state index < -0.39 is 0 Å².